The van der Waals surface area contributed by atoms with Crippen LogP contribution in [0.1, 0.15) is 48.5 Å². The van der Waals surface area contributed by atoms with Gasteiger partial charge in [-0.3, -0.25) is 24.0 Å². The van der Waals surface area contributed by atoms with Crippen molar-refractivity contribution in [2.75, 3.05) is 19.0 Å². The van der Waals surface area contributed by atoms with E-state index in [0.717, 1.165) is 38.7 Å². The monoisotopic (exact) mass is 606 g/mol. The number of nitrogens with zero attached hydrogens (tertiary/aromatic N) is 1. The van der Waals surface area contributed by atoms with Gasteiger partial charge in [0.15, 0.2) is 18.3 Å². The van der Waals surface area contributed by atoms with Crippen molar-refractivity contribution in [2.24, 2.45) is 0 Å². The van der Waals surface area contributed by atoms with Crippen molar-refractivity contribution < 1.29 is 57.2 Å². The molecule has 43 heavy (non-hydrogen) atoms. The third-order valence-corrected chi connectivity index (χ3v) is 5.78. The number of benzene rings is 1. The lowest BCUT2D eigenvalue weighted by Crippen LogP contribution is -2.60. The number of para-hydroxylation sites is 2. The maximum atomic E-state index is 13.3. The zero-order valence-electron chi connectivity index (χ0n) is 25.4. The van der Waals surface area contributed by atoms with Crippen molar-refractivity contribution in [1.29, 1.82) is 0 Å². The Morgan fingerprint density at radius 2 is 1.47 bits per heavy atom. The molecule has 1 aliphatic heterocycles. The summed E-state index contributed by atoms with van der Waals surface area (Å²) in [6.45, 7) is 8.64. The Hall–Kier alpha value is -4.62. The summed E-state index contributed by atoms with van der Waals surface area (Å²) in [4.78, 5) is 75.7. The molecule has 5 atom stereocenters. The maximum absolute atomic E-state index is 13.3. The van der Waals surface area contributed by atoms with Crippen molar-refractivity contribution in [1.82, 2.24) is 4.90 Å². The fourth-order valence-corrected chi connectivity index (χ4v) is 4.29. The number of ether oxygens (including phenoxy) is 6. The van der Waals surface area contributed by atoms with E-state index in [0.29, 0.717) is 11.4 Å². The van der Waals surface area contributed by atoms with Crippen LogP contribution in [0.4, 0.5) is 10.5 Å². The lowest BCUT2D eigenvalue weighted by Gasteiger charge is -2.40. The molecule has 1 aliphatic rings. The molecule has 0 unspecified atom stereocenters. The lowest BCUT2D eigenvalue weighted by atomic mass is 9.93. The lowest BCUT2D eigenvalue weighted by molar-refractivity contribution is -0.191. The number of nitrogens with one attached hydrogen (secondary N) is 1. The van der Waals surface area contributed by atoms with Crippen molar-refractivity contribution in [3.63, 3.8) is 0 Å². The van der Waals surface area contributed by atoms with Gasteiger partial charge >= 0.3 is 30.0 Å². The molecule has 236 valence electrons. The quantitative estimate of drug-likeness (QED) is 0.272. The smallest absolute Gasteiger partial charge is 0.417 e. The molecule has 0 fully saturated rings. The van der Waals surface area contributed by atoms with Gasteiger partial charge in [-0.25, -0.2) is 9.69 Å². The third-order valence-electron chi connectivity index (χ3n) is 5.78. The summed E-state index contributed by atoms with van der Waals surface area (Å²) in [5.41, 5.74) is -0.634. The number of carbonyl (C=O) groups is 6. The standard InChI is InChI=1S/C29H38N2O12/c1-16(32)39-15-23(40-17(2)33)26(41-18(3)34)27(42-19(4)35)25(30-20-11-9-10-12-22(20)38-8)21-13-14-24(36)31(21)28(37)43-29(5,6)7/h9-14,21,23,25-27,30H,15H2,1-8H3/t21-,23+,25-,26-,27+/m0/s1. The SMILES string of the molecule is COc1ccccc1N[C@H]([C@@H](OC(C)=O)[C@@H](OC(C)=O)[C@@H](COC(C)=O)OC(C)=O)[C@@H]1C=CC(=O)N1C(=O)OC(C)(C)C. The maximum Gasteiger partial charge on any atom is 0.417 e. The highest BCUT2D eigenvalue weighted by Gasteiger charge is 2.49. The number of imide groups is 1. The first kappa shape index (κ1) is 34.6. The van der Waals surface area contributed by atoms with Crippen molar-refractivity contribution in [2.45, 2.75) is 84.5 Å². The molecule has 14 nitrogen and oxygen atoms in total. The van der Waals surface area contributed by atoms with Crippen LogP contribution in [0.25, 0.3) is 0 Å². The first-order valence-electron chi connectivity index (χ1n) is 13.3. The van der Waals surface area contributed by atoms with Gasteiger partial charge in [0, 0.05) is 33.8 Å². The summed E-state index contributed by atoms with van der Waals surface area (Å²) in [5.74, 6) is -3.65. The molecule has 0 saturated carbocycles. The van der Waals surface area contributed by atoms with E-state index in [9.17, 15) is 28.8 Å². The Kier molecular flexibility index (Phi) is 12.1. The van der Waals surface area contributed by atoms with E-state index in [1.807, 2.05) is 0 Å². The van der Waals surface area contributed by atoms with Crippen LogP contribution in [0.5, 0.6) is 5.75 Å². The second-order valence-electron chi connectivity index (χ2n) is 10.5. The Morgan fingerprint density at radius 1 is 0.884 bits per heavy atom. The molecule has 0 aromatic heterocycles. The average Bonchev–Trinajstić information content (AvgIpc) is 3.27. The highest BCUT2D eigenvalue weighted by atomic mass is 16.6. The van der Waals surface area contributed by atoms with E-state index in [-0.39, 0.29) is 0 Å². The summed E-state index contributed by atoms with van der Waals surface area (Å²) >= 11 is 0. The molecule has 2 amide bonds. The van der Waals surface area contributed by atoms with Crippen molar-refractivity contribution in [3.8, 4) is 5.75 Å². The average molecular weight is 607 g/mol. The summed E-state index contributed by atoms with van der Waals surface area (Å²) < 4.78 is 32.6. The Labute approximate surface area is 249 Å². The van der Waals surface area contributed by atoms with E-state index in [4.69, 9.17) is 28.4 Å². The minimum Gasteiger partial charge on any atom is -0.495 e. The number of anilines is 1. The number of amides is 2. The number of methoxy groups -OCH3 is 1. The van der Waals surface area contributed by atoms with Gasteiger partial charge in [0.05, 0.1) is 24.9 Å². The zero-order chi connectivity index (χ0) is 32.5. The van der Waals surface area contributed by atoms with Crippen LogP contribution < -0.4 is 10.1 Å². The minimum atomic E-state index is -1.61. The van der Waals surface area contributed by atoms with E-state index in [1.165, 1.54) is 13.2 Å². The van der Waals surface area contributed by atoms with Crippen LogP contribution in [0.2, 0.25) is 0 Å². The number of hydrogen-bond donors (Lipinski definition) is 1. The molecule has 2 rings (SSSR count). The molecular weight excluding hydrogens is 568 g/mol. The van der Waals surface area contributed by atoms with Gasteiger partial charge in [0.2, 0.25) is 0 Å². The number of hydrogen-bond acceptors (Lipinski definition) is 13. The van der Waals surface area contributed by atoms with E-state index in [2.05, 4.69) is 5.32 Å². The van der Waals surface area contributed by atoms with E-state index in [1.54, 1.807) is 45.0 Å². The molecule has 0 spiro atoms. The number of esters is 4. The molecule has 1 heterocycles. The highest BCUT2D eigenvalue weighted by Crippen LogP contribution is 2.31. The third kappa shape index (κ3) is 10.3. The second-order valence-corrected chi connectivity index (χ2v) is 10.5. The van der Waals surface area contributed by atoms with Crippen LogP contribution in [-0.4, -0.2) is 90.5 Å². The predicted octanol–water partition coefficient (Wildman–Crippen LogP) is 2.54. The fourth-order valence-electron chi connectivity index (χ4n) is 4.29. The largest absolute Gasteiger partial charge is 0.495 e. The summed E-state index contributed by atoms with van der Waals surface area (Å²) in [5, 5.41) is 3.15. The molecule has 0 bridgehead atoms. The first-order chi connectivity index (χ1) is 20.0. The van der Waals surface area contributed by atoms with Gasteiger partial charge in [-0.2, -0.15) is 0 Å². The van der Waals surface area contributed by atoms with Crippen molar-refractivity contribution in [3.05, 3.63) is 36.4 Å². The summed E-state index contributed by atoms with van der Waals surface area (Å²) in [6.07, 6.45) is -3.14. The molecule has 0 saturated heterocycles. The molecule has 1 aromatic carbocycles. The normalized spacial score (nSPS) is 17.2. The van der Waals surface area contributed by atoms with Crippen LogP contribution >= 0.6 is 0 Å². The van der Waals surface area contributed by atoms with Gasteiger partial charge in [0.25, 0.3) is 5.91 Å². The Morgan fingerprint density at radius 3 is 2.00 bits per heavy atom. The Balaban J connectivity index is 2.79. The van der Waals surface area contributed by atoms with Crippen LogP contribution in [0, 0.1) is 0 Å². The zero-order valence-corrected chi connectivity index (χ0v) is 25.4. The molecule has 0 aliphatic carbocycles. The van der Waals surface area contributed by atoms with E-state index < -0.39 is 78.5 Å². The molecule has 1 N–H and O–H groups in total. The van der Waals surface area contributed by atoms with Gasteiger partial charge in [0.1, 0.15) is 18.0 Å². The summed E-state index contributed by atoms with van der Waals surface area (Å²) in [6, 6.07) is 4.14. The molecule has 14 heteroatoms. The van der Waals surface area contributed by atoms with Gasteiger partial charge < -0.3 is 33.7 Å². The number of rotatable bonds is 12. The summed E-state index contributed by atoms with van der Waals surface area (Å²) in [7, 11) is 1.42. The molecule has 1 aromatic rings. The molecule has 0 radical (unpaired) electrons. The molecular formula is C29H38N2O12. The van der Waals surface area contributed by atoms with Crippen LogP contribution in [0.15, 0.2) is 36.4 Å². The van der Waals surface area contributed by atoms with Gasteiger partial charge in [-0.1, -0.05) is 18.2 Å². The minimum absolute atomic E-state index is 0.340. The number of carbonyl (C=O) groups excluding carboxylic acids is 6. The second kappa shape index (κ2) is 15.0. The Bertz CT molecular complexity index is 1240. The van der Waals surface area contributed by atoms with Crippen molar-refractivity contribution >= 4 is 41.6 Å². The predicted molar refractivity (Wildman–Crippen MR) is 150 cm³/mol. The van der Waals surface area contributed by atoms with Gasteiger partial charge in [-0.05, 0) is 32.9 Å². The van der Waals surface area contributed by atoms with Crippen LogP contribution in [0.3, 0.4) is 0 Å². The fraction of sp³-hybridized carbons (Fsp3) is 0.517. The highest BCUT2D eigenvalue weighted by molar-refractivity contribution is 6.01. The van der Waals surface area contributed by atoms with Crippen LogP contribution in [-0.2, 0) is 47.7 Å². The topological polar surface area (TPSA) is 173 Å². The first-order valence-corrected chi connectivity index (χ1v) is 13.3. The van der Waals surface area contributed by atoms with E-state index >= 15 is 0 Å². The van der Waals surface area contributed by atoms with Gasteiger partial charge in [-0.15, -0.1) is 0 Å².